The number of thiocarbonyl (C=S) groups is 1. The highest BCUT2D eigenvalue weighted by Crippen LogP contribution is 2.23. The molecule has 2 aromatic rings. The summed E-state index contributed by atoms with van der Waals surface area (Å²) in [5.41, 5.74) is 0.747. The van der Waals surface area contributed by atoms with Crippen molar-refractivity contribution in [2.75, 3.05) is 5.32 Å². The number of ether oxygens (including phenoxy) is 1. The van der Waals surface area contributed by atoms with Crippen LogP contribution in [-0.2, 0) is 4.79 Å². The Kier molecular flexibility index (Phi) is 4.68. The summed E-state index contributed by atoms with van der Waals surface area (Å²) >= 11 is 5.00. The fourth-order valence-corrected chi connectivity index (χ4v) is 1.85. The second-order valence-corrected chi connectivity index (χ2v) is 4.49. The maximum absolute atomic E-state index is 10.9. The molecule has 2 rings (SSSR count). The first kappa shape index (κ1) is 14.0. The summed E-state index contributed by atoms with van der Waals surface area (Å²) in [7, 11) is 0. The lowest BCUT2D eigenvalue weighted by atomic mass is 10.3. The van der Waals surface area contributed by atoms with Crippen LogP contribution in [0.4, 0.5) is 5.69 Å². The van der Waals surface area contributed by atoms with Crippen molar-refractivity contribution in [3.8, 4) is 11.5 Å². The third kappa shape index (κ3) is 4.37. The predicted octanol–water partition coefficient (Wildman–Crippen LogP) is 3.31. The number of para-hydroxylation sites is 1. The van der Waals surface area contributed by atoms with Crippen LogP contribution in [0.15, 0.2) is 54.6 Å². The van der Waals surface area contributed by atoms with Gasteiger partial charge in [-0.2, -0.15) is 0 Å². The number of benzene rings is 2. The van der Waals surface area contributed by atoms with Crippen LogP contribution in [0.25, 0.3) is 0 Å². The molecule has 0 saturated carbocycles. The molecule has 0 aliphatic carbocycles. The van der Waals surface area contributed by atoms with E-state index in [0.717, 1.165) is 11.4 Å². The highest BCUT2D eigenvalue weighted by atomic mass is 32.1. The minimum absolute atomic E-state index is 0.209. The van der Waals surface area contributed by atoms with Crippen molar-refractivity contribution in [3.05, 3.63) is 54.6 Å². The highest BCUT2D eigenvalue weighted by Gasteiger charge is 2.02. The summed E-state index contributed by atoms with van der Waals surface area (Å²) in [5.74, 6) is 1.24. The van der Waals surface area contributed by atoms with Crippen molar-refractivity contribution in [3.63, 3.8) is 0 Å². The Morgan fingerprint density at radius 2 is 1.75 bits per heavy atom. The van der Waals surface area contributed by atoms with Crippen LogP contribution in [0, 0.1) is 0 Å². The number of amides is 1. The van der Waals surface area contributed by atoms with Gasteiger partial charge in [-0.3, -0.25) is 4.79 Å². The van der Waals surface area contributed by atoms with Crippen LogP contribution in [-0.4, -0.2) is 11.0 Å². The maximum atomic E-state index is 10.9. The molecule has 0 bridgehead atoms. The lowest BCUT2D eigenvalue weighted by molar-refractivity contribution is -0.117. The second-order valence-electron chi connectivity index (χ2n) is 4.08. The third-order valence-electron chi connectivity index (χ3n) is 2.36. The van der Waals surface area contributed by atoms with Crippen molar-refractivity contribution in [2.45, 2.75) is 6.92 Å². The van der Waals surface area contributed by atoms with E-state index >= 15 is 0 Å². The SMILES string of the molecule is CC(=O)NC(=S)Nc1cccc(Oc2ccccc2)c1. The molecule has 102 valence electrons. The van der Waals surface area contributed by atoms with E-state index in [1.165, 1.54) is 6.92 Å². The van der Waals surface area contributed by atoms with E-state index in [1.807, 2.05) is 48.5 Å². The molecule has 0 radical (unpaired) electrons. The van der Waals surface area contributed by atoms with Gasteiger partial charge in [-0.15, -0.1) is 0 Å². The largest absolute Gasteiger partial charge is 0.457 e. The van der Waals surface area contributed by atoms with Gasteiger partial charge in [-0.25, -0.2) is 0 Å². The summed E-state index contributed by atoms with van der Waals surface area (Å²) in [6, 6.07) is 16.8. The van der Waals surface area contributed by atoms with Crippen LogP contribution >= 0.6 is 12.2 Å². The normalized spacial score (nSPS) is 9.65. The lowest BCUT2D eigenvalue weighted by Crippen LogP contribution is -2.32. The molecule has 0 unspecified atom stereocenters. The molecule has 0 atom stereocenters. The van der Waals surface area contributed by atoms with Gasteiger partial charge in [0.25, 0.3) is 0 Å². The average molecular weight is 286 g/mol. The van der Waals surface area contributed by atoms with Crippen molar-refractivity contribution in [1.29, 1.82) is 0 Å². The van der Waals surface area contributed by atoms with Crippen LogP contribution < -0.4 is 15.4 Å². The molecule has 0 aliphatic rings. The predicted molar refractivity (Wildman–Crippen MR) is 83.0 cm³/mol. The molecular formula is C15H14N2O2S. The van der Waals surface area contributed by atoms with Crippen LogP contribution in [0.5, 0.6) is 11.5 Å². The number of hydrogen-bond acceptors (Lipinski definition) is 3. The van der Waals surface area contributed by atoms with Crippen molar-refractivity contribution in [1.82, 2.24) is 5.32 Å². The second kappa shape index (κ2) is 6.68. The van der Waals surface area contributed by atoms with E-state index in [4.69, 9.17) is 17.0 Å². The summed E-state index contributed by atoms with van der Waals surface area (Å²) in [5, 5.41) is 5.68. The third-order valence-corrected chi connectivity index (χ3v) is 2.56. The molecule has 20 heavy (non-hydrogen) atoms. The van der Waals surface area contributed by atoms with E-state index in [2.05, 4.69) is 10.6 Å². The van der Waals surface area contributed by atoms with Gasteiger partial charge < -0.3 is 15.4 Å². The van der Waals surface area contributed by atoms with Gasteiger partial charge in [-0.05, 0) is 36.5 Å². The molecule has 4 nitrogen and oxygen atoms in total. The van der Waals surface area contributed by atoms with Crippen LogP contribution in [0.2, 0.25) is 0 Å². The first-order valence-corrected chi connectivity index (χ1v) is 6.46. The zero-order chi connectivity index (χ0) is 14.4. The van der Waals surface area contributed by atoms with Gasteiger partial charge >= 0.3 is 0 Å². The molecule has 5 heteroatoms. The Labute approximate surface area is 122 Å². The molecule has 0 heterocycles. The van der Waals surface area contributed by atoms with Crippen molar-refractivity contribution < 1.29 is 9.53 Å². The smallest absolute Gasteiger partial charge is 0.222 e. The van der Waals surface area contributed by atoms with Gasteiger partial charge in [0.15, 0.2) is 5.11 Å². The van der Waals surface area contributed by atoms with Gasteiger partial charge in [0.2, 0.25) is 5.91 Å². The Hall–Kier alpha value is -2.40. The van der Waals surface area contributed by atoms with E-state index in [0.29, 0.717) is 5.75 Å². The van der Waals surface area contributed by atoms with Gasteiger partial charge in [-0.1, -0.05) is 24.3 Å². The van der Waals surface area contributed by atoms with E-state index in [9.17, 15) is 4.79 Å². The number of rotatable bonds is 3. The molecule has 0 spiro atoms. The summed E-state index contributed by atoms with van der Waals surface area (Å²) in [4.78, 5) is 10.9. The zero-order valence-corrected chi connectivity index (χ0v) is 11.7. The summed E-state index contributed by atoms with van der Waals surface area (Å²) in [6.45, 7) is 1.41. The van der Waals surface area contributed by atoms with Gasteiger partial charge in [0.05, 0.1) is 0 Å². The van der Waals surface area contributed by atoms with E-state index in [1.54, 1.807) is 6.07 Å². The lowest BCUT2D eigenvalue weighted by Gasteiger charge is -2.10. The van der Waals surface area contributed by atoms with Gasteiger partial charge in [0, 0.05) is 18.7 Å². The highest BCUT2D eigenvalue weighted by molar-refractivity contribution is 7.80. The number of anilines is 1. The number of carbonyl (C=O) groups excluding carboxylic acids is 1. The molecule has 0 saturated heterocycles. The summed E-state index contributed by atoms with van der Waals surface area (Å²) in [6.07, 6.45) is 0. The number of nitrogens with one attached hydrogen (secondary N) is 2. The number of carbonyl (C=O) groups is 1. The van der Waals surface area contributed by atoms with Crippen molar-refractivity contribution in [2.24, 2.45) is 0 Å². The molecule has 0 aromatic heterocycles. The molecule has 1 amide bonds. The minimum Gasteiger partial charge on any atom is -0.457 e. The van der Waals surface area contributed by atoms with E-state index in [-0.39, 0.29) is 11.0 Å². The Bertz CT molecular complexity index is 614. The topological polar surface area (TPSA) is 50.4 Å². The van der Waals surface area contributed by atoms with Crippen LogP contribution in [0.3, 0.4) is 0 Å². The molecule has 0 fully saturated rings. The fourth-order valence-electron chi connectivity index (χ4n) is 1.58. The van der Waals surface area contributed by atoms with Gasteiger partial charge in [0.1, 0.15) is 11.5 Å². The monoisotopic (exact) mass is 286 g/mol. The minimum atomic E-state index is -0.209. The molecule has 2 aromatic carbocycles. The first-order valence-electron chi connectivity index (χ1n) is 6.05. The summed E-state index contributed by atoms with van der Waals surface area (Å²) < 4.78 is 5.71. The average Bonchev–Trinajstić information content (AvgIpc) is 2.39. The molecule has 2 N–H and O–H groups in total. The first-order chi connectivity index (χ1) is 9.63. The number of hydrogen-bond donors (Lipinski definition) is 2. The Morgan fingerprint density at radius 3 is 2.45 bits per heavy atom. The van der Waals surface area contributed by atoms with Crippen molar-refractivity contribution >= 4 is 28.9 Å². The molecular weight excluding hydrogens is 272 g/mol. The van der Waals surface area contributed by atoms with E-state index < -0.39 is 0 Å². The Balaban J connectivity index is 2.04. The van der Waals surface area contributed by atoms with Crippen LogP contribution in [0.1, 0.15) is 6.92 Å². The molecule has 0 aliphatic heterocycles. The maximum Gasteiger partial charge on any atom is 0.222 e. The quantitative estimate of drug-likeness (QED) is 0.850. The zero-order valence-electron chi connectivity index (χ0n) is 10.9. The standard InChI is InChI=1S/C15H14N2O2S/c1-11(18)16-15(20)17-12-6-5-9-14(10-12)19-13-7-3-2-4-8-13/h2-10H,1H3,(H2,16,17,18,20). The fraction of sp³-hybridized carbons (Fsp3) is 0.0667. The Morgan fingerprint density at radius 1 is 1.05 bits per heavy atom.